The van der Waals surface area contributed by atoms with Gasteiger partial charge in [0.15, 0.2) is 19.4 Å². The number of allylic oxidation sites excluding steroid dienone is 5. The molecule has 1 aromatic rings. The summed E-state index contributed by atoms with van der Waals surface area (Å²) in [6.45, 7) is 2.40. The first-order valence-electron chi connectivity index (χ1n) is 8.71. The number of carbonyl (C=O) groups is 1. The fourth-order valence-electron chi connectivity index (χ4n) is 3.06. The molecule has 0 fully saturated rings. The third-order valence-corrected chi connectivity index (χ3v) is 6.12. The zero-order valence-electron chi connectivity index (χ0n) is 15.8. The van der Waals surface area contributed by atoms with Gasteiger partial charge in [0, 0.05) is 32.0 Å². The first-order valence-corrected chi connectivity index (χ1v) is 9.70. The van der Waals surface area contributed by atoms with Crippen LogP contribution in [0.1, 0.15) is 18.9 Å². The lowest BCUT2D eigenvalue weighted by Gasteiger charge is -2.33. The highest BCUT2D eigenvalue weighted by Crippen LogP contribution is 2.43. The van der Waals surface area contributed by atoms with Crippen molar-refractivity contribution in [2.75, 3.05) is 33.6 Å². The summed E-state index contributed by atoms with van der Waals surface area (Å²) in [5, 5.41) is 0. The maximum absolute atomic E-state index is 13.4. The Morgan fingerprint density at radius 1 is 1.04 bits per heavy atom. The largest absolute Gasteiger partial charge is 0.468 e. The average molecular weight is 388 g/mol. The molecule has 3 rings (SSSR count). The van der Waals surface area contributed by atoms with Crippen LogP contribution in [0.4, 0.5) is 0 Å². The number of hydrogen-bond donors (Lipinski definition) is 0. The van der Waals surface area contributed by atoms with Gasteiger partial charge in [0.1, 0.15) is 11.5 Å². The molecule has 0 N–H and O–H groups in total. The summed E-state index contributed by atoms with van der Waals surface area (Å²) in [5.74, 6) is 2.29. The van der Waals surface area contributed by atoms with Gasteiger partial charge in [-0.25, -0.2) is 0 Å². The van der Waals surface area contributed by atoms with E-state index in [9.17, 15) is 4.79 Å². The van der Waals surface area contributed by atoms with Gasteiger partial charge in [0.05, 0.1) is 5.41 Å². The third-order valence-electron chi connectivity index (χ3n) is 4.66. The van der Waals surface area contributed by atoms with Crippen LogP contribution in [0.3, 0.4) is 0 Å². The number of methoxy groups -OCH3 is 2. The van der Waals surface area contributed by atoms with Crippen LogP contribution < -0.4 is 4.74 Å². The summed E-state index contributed by atoms with van der Waals surface area (Å²) in [6.07, 6.45) is 6.39. The van der Waals surface area contributed by atoms with Gasteiger partial charge in [0.2, 0.25) is 0 Å². The lowest BCUT2D eigenvalue weighted by molar-refractivity contribution is -0.119. The molecule has 0 aromatic heterocycles. The molecule has 1 aliphatic carbocycles. The van der Waals surface area contributed by atoms with Crippen LogP contribution in [-0.4, -0.2) is 39.3 Å². The predicted octanol–water partition coefficient (Wildman–Crippen LogP) is 3.96. The second kappa shape index (κ2) is 8.78. The van der Waals surface area contributed by atoms with Gasteiger partial charge in [-0.05, 0) is 47.8 Å². The van der Waals surface area contributed by atoms with Crippen molar-refractivity contribution in [2.24, 2.45) is 0 Å². The molecule has 1 aliphatic heterocycles. The topological polar surface area (TPSA) is 54.0 Å². The van der Waals surface area contributed by atoms with Crippen molar-refractivity contribution >= 4 is 17.5 Å². The quantitative estimate of drug-likeness (QED) is 0.659. The molecule has 0 spiro atoms. The monoisotopic (exact) mass is 388 g/mol. The molecule has 1 aromatic carbocycles. The van der Waals surface area contributed by atoms with Crippen molar-refractivity contribution < 1.29 is 23.7 Å². The van der Waals surface area contributed by atoms with Gasteiger partial charge in [-0.1, -0.05) is 12.1 Å². The molecular formula is C21H24O5S. The van der Waals surface area contributed by atoms with Crippen LogP contribution in [0, 0.1) is 0 Å². The second-order valence-electron chi connectivity index (χ2n) is 6.56. The van der Waals surface area contributed by atoms with Gasteiger partial charge in [0.25, 0.3) is 0 Å². The minimum absolute atomic E-state index is 0.138. The number of ketones is 1. The molecule has 0 bridgehead atoms. The van der Waals surface area contributed by atoms with E-state index >= 15 is 0 Å². The molecule has 5 nitrogen and oxygen atoms in total. The lowest BCUT2D eigenvalue weighted by atomic mass is 9.77. The van der Waals surface area contributed by atoms with Gasteiger partial charge in [-0.2, -0.15) is 0 Å². The van der Waals surface area contributed by atoms with Crippen LogP contribution in [-0.2, 0) is 24.4 Å². The van der Waals surface area contributed by atoms with Crippen LogP contribution in [0.2, 0.25) is 0 Å². The molecule has 0 amide bonds. The molecule has 1 heterocycles. The normalized spacial score (nSPS) is 22.2. The van der Waals surface area contributed by atoms with Crippen LogP contribution >= 0.6 is 11.8 Å². The Balaban J connectivity index is 1.80. The summed E-state index contributed by atoms with van der Waals surface area (Å²) in [4.78, 5) is 14.4. The van der Waals surface area contributed by atoms with E-state index in [1.165, 1.54) is 0 Å². The Morgan fingerprint density at radius 2 is 1.74 bits per heavy atom. The van der Waals surface area contributed by atoms with E-state index in [0.29, 0.717) is 12.2 Å². The van der Waals surface area contributed by atoms with Crippen molar-refractivity contribution in [2.45, 2.75) is 18.8 Å². The SMILES string of the molecule is COCOC1=CCC2=C(C=C1)C(=O)C(C)(c1ccc(OCOC)cc1)CS2. The predicted molar refractivity (Wildman–Crippen MR) is 106 cm³/mol. The Labute approximate surface area is 164 Å². The number of Topliss-reactive ketones (excluding diaryl/α,β-unsaturated/α-hetero) is 1. The Morgan fingerprint density at radius 3 is 2.44 bits per heavy atom. The number of hydrogen-bond acceptors (Lipinski definition) is 6. The maximum atomic E-state index is 13.4. The standard InChI is InChI=1S/C21H24O5S/c1-21(15-4-6-16(7-5-15)25-13-23-2)12-27-19-11-9-17(26-14-24-3)8-10-18(19)20(21)22/h4-10H,11-14H2,1-3H3. The van der Waals surface area contributed by atoms with Gasteiger partial charge >= 0.3 is 0 Å². The number of ether oxygens (including phenoxy) is 4. The summed E-state index contributed by atoms with van der Waals surface area (Å²) in [6, 6.07) is 7.67. The Hall–Kier alpha value is -2.02. The summed E-state index contributed by atoms with van der Waals surface area (Å²) >= 11 is 1.73. The van der Waals surface area contributed by atoms with E-state index in [0.717, 1.165) is 27.6 Å². The minimum atomic E-state index is -0.578. The highest BCUT2D eigenvalue weighted by Gasteiger charge is 2.41. The molecule has 144 valence electrons. The summed E-state index contributed by atoms with van der Waals surface area (Å²) in [5.41, 5.74) is 1.17. The minimum Gasteiger partial charge on any atom is -0.468 e. The van der Waals surface area contributed by atoms with Crippen molar-refractivity contribution in [3.05, 3.63) is 64.3 Å². The summed E-state index contributed by atoms with van der Waals surface area (Å²) in [7, 11) is 3.17. The second-order valence-corrected chi connectivity index (χ2v) is 7.63. The van der Waals surface area contributed by atoms with E-state index in [2.05, 4.69) is 0 Å². The smallest absolute Gasteiger partial charge is 0.188 e. The lowest BCUT2D eigenvalue weighted by Crippen LogP contribution is -2.39. The Bertz CT molecular complexity index is 778. The molecule has 6 heteroatoms. The third kappa shape index (κ3) is 4.29. The molecule has 0 saturated carbocycles. The molecule has 27 heavy (non-hydrogen) atoms. The first-order chi connectivity index (χ1) is 13.1. The van der Waals surface area contributed by atoms with Crippen LogP contribution in [0.5, 0.6) is 5.75 Å². The Kier molecular flexibility index (Phi) is 6.42. The zero-order chi connectivity index (χ0) is 19.3. The van der Waals surface area contributed by atoms with Gasteiger partial charge in [-0.3, -0.25) is 4.79 Å². The molecule has 0 radical (unpaired) electrons. The van der Waals surface area contributed by atoms with E-state index in [-0.39, 0.29) is 19.4 Å². The first kappa shape index (κ1) is 19.7. The maximum Gasteiger partial charge on any atom is 0.188 e. The molecule has 0 saturated heterocycles. The molecule has 1 unspecified atom stereocenters. The van der Waals surface area contributed by atoms with Crippen molar-refractivity contribution in [1.29, 1.82) is 0 Å². The molecule has 2 aliphatic rings. The van der Waals surface area contributed by atoms with Crippen LogP contribution in [0.15, 0.2) is 58.7 Å². The number of benzene rings is 1. The number of carbonyl (C=O) groups excluding carboxylic acids is 1. The number of rotatable bonds is 7. The van der Waals surface area contributed by atoms with E-state index in [1.54, 1.807) is 26.0 Å². The molecular weight excluding hydrogens is 364 g/mol. The van der Waals surface area contributed by atoms with Crippen LogP contribution in [0.25, 0.3) is 0 Å². The van der Waals surface area contributed by atoms with E-state index in [1.807, 2.05) is 49.4 Å². The van der Waals surface area contributed by atoms with Crippen molar-refractivity contribution in [3.63, 3.8) is 0 Å². The highest BCUT2D eigenvalue weighted by molar-refractivity contribution is 8.03. The fourth-order valence-corrected chi connectivity index (χ4v) is 4.34. The molecule has 1 atom stereocenters. The van der Waals surface area contributed by atoms with Gasteiger partial charge < -0.3 is 18.9 Å². The highest BCUT2D eigenvalue weighted by atomic mass is 32.2. The van der Waals surface area contributed by atoms with E-state index in [4.69, 9.17) is 18.9 Å². The zero-order valence-corrected chi connectivity index (χ0v) is 16.6. The average Bonchev–Trinajstić information content (AvgIpc) is 2.91. The fraction of sp³-hybridized carbons (Fsp3) is 0.381. The van der Waals surface area contributed by atoms with E-state index < -0.39 is 5.41 Å². The van der Waals surface area contributed by atoms with Crippen molar-refractivity contribution in [1.82, 2.24) is 0 Å². The van der Waals surface area contributed by atoms with Crippen molar-refractivity contribution in [3.8, 4) is 5.75 Å². The number of thioether (sulfide) groups is 1. The van der Waals surface area contributed by atoms with Gasteiger partial charge in [-0.15, -0.1) is 11.8 Å². The summed E-state index contributed by atoms with van der Waals surface area (Å²) < 4.78 is 20.8.